The summed E-state index contributed by atoms with van der Waals surface area (Å²) in [5.74, 6) is -0.453. The van der Waals surface area contributed by atoms with Crippen LogP contribution in [0, 0.1) is 0 Å². The van der Waals surface area contributed by atoms with E-state index in [1.54, 1.807) is 24.3 Å². The number of esters is 1. The van der Waals surface area contributed by atoms with Crippen LogP contribution < -0.4 is 9.88 Å². The molecule has 1 N–H and O–H groups in total. The van der Waals surface area contributed by atoms with Crippen molar-refractivity contribution >= 4 is 17.6 Å². The second kappa shape index (κ2) is 9.57. The number of ether oxygens (including phenoxy) is 1. The van der Waals surface area contributed by atoms with E-state index in [0.29, 0.717) is 17.9 Å². The molecule has 0 aliphatic carbocycles. The van der Waals surface area contributed by atoms with Gasteiger partial charge in [-0.15, -0.1) is 0 Å². The highest BCUT2D eigenvalue weighted by Gasteiger charge is 2.11. The number of nitrogens with zero attached hydrogens (tertiary/aromatic N) is 1. The molecule has 0 spiro atoms. The minimum absolute atomic E-state index is 0.118. The van der Waals surface area contributed by atoms with Crippen molar-refractivity contribution in [3.63, 3.8) is 0 Å². The number of carbonyl (C=O) groups is 2. The second-order valence-electron chi connectivity index (χ2n) is 5.85. The van der Waals surface area contributed by atoms with Crippen molar-refractivity contribution in [1.29, 1.82) is 0 Å². The predicted octanol–water partition coefficient (Wildman–Crippen LogP) is 3.13. The molecule has 1 aromatic heterocycles. The number of nitrogens with one attached hydrogen (secondary N) is 1. The smallest absolute Gasteiger partial charge is 0.338 e. The van der Waals surface area contributed by atoms with Crippen LogP contribution in [0.5, 0.6) is 0 Å². The summed E-state index contributed by atoms with van der Waals surface area (Å²) in [5, 5.41) is 2.83. The van der Waals surface area contributed by atoms with E-state index < -0.39 is 0 Å². The maximum Gasteiger partial charge on any atom is 0.338 e. The SMILES string of the molecule is CCCCOC(=O)c1ccc(NC(=O)C[n+]2ccc(CC)cc2)cc1. The maximum atomic E-state index is 12.1. The zero-order chi connectivity index (χ0) is 18.1. The molecule has 5 heteroatoms. The number of amides is 1. The van der Waals surface area contributed by atoms with Crippen LogP contribution in [0.15, 0.2) is 48.8 Å². The van der Waals surface area contributed by atoms with Crippen LogP contribution in [-0.4, -0.2) is 18.5 Å². The summed E-state index contributed by atoms with van der Waals surface area (Å²) in [5.41, 5.74) is 2.37. The highest BCUT2D eigenvalue weighted by molar-refractivity contribution is 5.92. The molecular formula is C20H25N2O3+. The lowest BCUT2D eigenvalue weighted by Crippen LogP contribution is -2.39. The molecule has 0 unspecified atom stereocenters. The van der Waals surface area contributed by atoms with Gasteiger partial charge in [0, 0.05) is 17.8 Å². The van der Waals surface area contributed by atoms with Crippen LogP contribution in [0.2, 0.25) is 0 Å². The first-order valence-electron chi connectivity index (χ1n) is 8.67. The average molecular weight is 341 g/mol. The fourth-order valence-corrected chi connectivity index (χ4v) is 2.28. The largest absolute Gasteiger partial charge is 0.462 e. The lowest BCUT2D eigenvalue weighted by molar-refractivity contribution is -0.684. The Morgan fingerprint density at radius 2 is 1.72 bits per heavy atom. The van der Waals surface area contributed by atoms with E-state index in [2.05, 4.69) is 12.2 Å². The van der Waals surface area contributed by atoms with Gasteiger partial charge in [0.1, 0.15) is 0 Å². The Morgan fingerprint density at radius 3 is 2.32 bits per heavy atom. The van der Waals surface area contributed by atoms with E-state index in [9.17, 15) is 9.59 Å². The van der Waals surface area contributed by atoms with Crippen LogP contribution >= 0.6 is 0 Å². The molecule has 1 amide bonds. The van der Waals surface area contributed by atoms with Gasteiger partial charge in [0.25, 0.3) is 5.91 Å². The van der Waals surface area contributed by atoms with Gasteiger partial charge in [-0.3, -0.25) is 4.79 Å². The third-order valence-electron chi connectivity index (χ3n) is 3.83. The minimum Gasteiger partial charge on any atom is -0.462 e. The van der Waals surface area contributed by atoms with Crippen molar-refractivity contribution in [2.75, 3.05) is 11.9 Å². The van der Waals surface area contributed by atoms with E-state index >= 15 is 0 Å². The number of hydrogen-bond donors (Lipinski definition) is 1. The first kappa shape index (κ1) is 18.6. The maximum absolute atomic E-state index is 12.1. The molecule has 1 heterocycles. The number of pyridine rings is 1. The van der Waals surface area contributed by atoms with Crippen molar-refractivity contribution in [3.05, 3.63) is 59.9 Å². The normalized spacial score (nSPS) is 10.3. The third-order valence-corrected chi connectivity index (χ3v) is 3.83. The Balaban J connectivity index is 1.87. The van der Waals surface area contributed by atoms with Crippen molar-refractivity contribution < 1.29 is 18.9 Å². The molecule has 0 atom stereocenters. The lowest BCUT2D eigenvalue weighted by Gasteiger charge is -2.06. The van der Waals surface area contributed by atoms with Gasteiger partial charge in [0.05, 0.1) is 12.2 Å². The second-order valence-corrected chi connectivity index (χ2v) is 5.85. The molecule has 0 aliphatic heterocycles. The number of aryl methyl sites for hydroxylation is 1. The van der Waals surface area contributed by atoms with Crippen molar-refractivity contribution in [2.24, 2.45) is 0 Å². The summed E-state index contributed by atoms with van der Waals surface area (Å²) in [6.07, 6.45) is 6.61. The molecule has 2 aromatic rings. The fraction of sp³-hybridized carbons (Fsp3) is 0.350. The van der Waals surface area contributed by atoms with Gasteiger partial charge in [-0.2, -0.15) is 4.57 Å². The number of aromatic nitrogens is 1. The highest BCUT2D eigenvalue weighted by Crippen LogP contribution is 2.11. The molecule has 0 aliphatic rings. The van der Waals surface area contributed by atoms with Crippen LogP contribution in [0.3, 0.4) is 0 Å². The first-order valence-corrected chi connectivity index (χ1v) is 8.67. The van der Waals surface area contributed by atoms with Gasteiger partial charge in [-0.1, -0.05) is 20.3 Å². The van der Waals surface area contributed by atoms with E-state index in [4.69, 9.17) is 4.74 Å². The molecule has 0 saturated heterocycles. The first-order chi connectivity index (χ1) is 12.1. The molecule has 0 bridgehead atoms. The molecular weight excluding hydrogens is 316 g/mol. The Kier molecular flexibility index (Phi) is 7.14. The number of anilines is 1. The van der Waals surface area contributed by atoms with Gasteiger partial charge in [-0.05, 0) is 42.7 Å². The van der Waals surface area contributed by atoms with Crippen LogP contribution in [-0.2, 0) is 22.5 Å². The summed E-state index contributed by atoms with van der Waals surface area (Å²) in [6.45, 7) is 4.81. The van der Waals surface area contributed by atoms with E-state index in [1.165, 1.54) is 5.56 Å². The highest BCUT2D eigenvalue weighted by atomic mass is 16.5. The van der Waals surface area contributed by atoms with Gasteiger partial charge in [0.2, 0.25) is 6.54 Å². The van der Waals surface area contributed by atoms with Gasteiger partial charge in [-0.25, -0.2) is 4.79 Å². The molecule has 0 fully saturated rings. The summed E-state index contributed by atoms with van der Waals surface area (Å²) in [4.78, 5) is 23.9. The van der Waals surface area contributed by atoms with Gasteiger partial charge < -0.3 is 10.1 Å². The summed E-state index contributed by atoms with van der Waals surface area (Å²) >= 11 is 0. The summed E-state index contributed by atoms with van der Waals surface area (Å²) in [6, 6.07) is 10.7. The standard InChI is InChI=1S/C20H24N2O3/c1-3-5-14-25-20(24)17-6-8-18(9-7-17)21-19(23)15-22-12-10-16(4-2)11-13-22/h6-13H,3-5,14-15H2,1-2H3/p+1. The molecule has 5 nitrogen and oxygen atoms in total. The molecule has 132 valence electrons. The number of unbranched alkanes of at least 4 members (excludes halogenated alkanes) is 1. The Labute approximate surface area is 148 Å². The molecule has 2 rings (SSSR count). The van der Waals surface area contributed by atoms with Crippen molar-refractivity contribution in [2.45, 2.75) is 39.7 Å². The molecule has 0 saturated carbocycles. The summed E-state index contributed by atoms with van der Waals surface area (Å²) < 4.78 is 6.99. The third kappa shape index (κ3) is 6.03. The minimum atomic E-state index is -0.335. The Morgan fingerprint density at radius 1 is 1.04 bits per heavy atom. The zero-order valence-electron chi connectivity index (χ0n) is 14.8. The van der Waals surface area contributed by atoms with Crippen molar-refractivity contribution in [1.82, 2.24) is 0 Å². The lowest BCUT2D eigenvalue weighted by atomic mass is 10.2. The fourth-order valence-electron chi connectivity index (χ4n) is 2.28. The topological polar surface area (TPSA) is 59.3 Å². The van der Waals surface area contributed by atoms with Crippen LogP contribution in [0.1, 0.15) is 42.6 Å². The number of carbonyl (C=O) groups excluding carboxylic acids is 2. The predicted molar refractivity (Wildman–Crippen MR) is 96.3 cm³/mol. The molecule has 25 heavy (non-hydrogen) atoms. The monoisotopic (exact) mass is 341 g/mol. The summed E-state index contributed by atoms with van der Waals surface area (Å²) in [7, 11) is 0. The Hall–Kier alpha value is -2.69. The van der Waals surface area contributed by atoms with Crippen molar-refractivity contribution in [3.8, 4) is 0 Å². The molecule has 0 radical (unpaired) electrons. The Bertz CT molecular complexity index is 694. The van der Waals surface area contributed by atoms with E-state index in [1.807, 2.05) is 36.0 Å². The van der Waals surface area contributed by atoms with Crippen LogP contribution in [0.4, 0.5) is 5.69 Å². The number of hydrogen-bond acceptors (Lipinski definition) is 3. The average Bonchev–Trinajstić information content (AvgIpc) is 2.63. The van der Waals surface area contributed by atoms with E-state index in [0.717, 1.165) is 19.3 Å². The van der Waals surface area contributed by atoms with Gasteiger partial charge >= 0.3 is 5.97 Å². The van der Waals surface area contributed by atoms with E-state index in [-0.39, 0.29) is 18.4 Å². The quantitative estimate of drug-likeness (QED) is 0.456. The number of benzene rings is 1. The van der Waals surface area contributed by atoms with Crippen LogP contribution in [0.25, 0.3) is 0 Å². The zero-order valence-corrected chi connectivity index (χ0v) is 14.8. The molecule has 1 aromatic carbocycles. The van der Waals surface area contributed by atoms with Gasteiger partial charge in [0.15, 0.2) is 12.4 Å². The number of rotatable bonds is 8.